The molecule has 22 heavy (non-hydrogen) atoms. The molecule has 6 heteroatoms. The Balaban J connectivity index is 1.75. The van der Waals surface area contributed by atoms with Crippen LogP contribution in [0.4, 0.5) is 5.82 Å². The fourth-order valence-electron chi connectivity index (χ4n) is 3.34. The lowest BCUT2D eigenvalue weighted by molar-refractivity contribution is 0.272. The molecule has 0 atom stereocenters. The Morgan fingerprint density at radius 1 is 1.18 bits per heavy atom. The highest BCUT2D eigenvalue weighted by molar-refractivity contribution is 5.45. The second-order valence-corrected chi connectivity index (χ2v) is 6.28. The smallest absolute Gasteiger partial charge is 0.332 e. The predicted molar refractivity (Wildman–Crippen MR) is 87.0 cm³/mol. The van der Waals surface area contributed by atoms with Crippen molar-refractivity contribution >= 4 is 5.82 Å². The highest BCUT2D eigenvalue weighted by Gasteiger charge is 2.22. The van der Waals surface area contributed by atoms with Gasteiger partial charge in [-0.05, 0) is 32.1 Å². The third-order valence-corrected chi connectivity index (χ3v) is 4.74. The van der Waals surface area contributed by atoms with Gasteiger partial charge >= 0.3 is 5.69 Å². The molecule has 0 aromatic carbocycles. The average Bonchev–Trinajstić information content (AvgIpc) is 2.57. The minimum absolute atomic E-state index is 0.188. The van der Waals surface area contributed by atoms with Crippen LogP contribution >= 0.6 is 0 Å². The van der Waals surface area contributed by atoms with Crippen molar-refractivity contribution in [2.24, 2.45) is 14.1 Å². The van der Waals surface area contributed by atoms with Gasteiger partial charge in [-0.2, -0.15) is 0 Å². The first-order valence-corrected chi connectivity index (χ1v) is 8.01. The van der Waals surface area contributed by atoms with E-state index < -0.39 is 0 Å². The number of fused-ring (bicyclic) bond motifs is 1. The molecule has 0 amide bonds. The molecular formula is C16H24N4O2. The molecule has 120 valence electrons. The minimum Gasteiger partial charge on any atom is -0.358 e. The summed E-state index contributed by atoms with van der Waals surface area (Å²) in [4.78, 5) is 26.5. The van der Waals surface area contributed by atoms with Crippen LogP contribution in [0.25, 0.3) is 0 Å². The van der Waals surface area contributed by atoms with E-state index in [1.807, 2.05) is 0 Å². The van der Waals surface area contributed by atoms with E-state index in [2.05, 4.69) is 16.3 Å². The Morgan fingerprint density at radius 3 is 2.73 bits per heavy atom. The van der Waals surface area contributed by atoms with Gasteiger partial charge < -0.3 is 5.32 Å². The van der Waals surface area contributed by atoms with E-state index in [-0.39, 0.29) is 11.2 Å². The van der Waals surface area contributed by atoms with Gasteiger partial charge in [-0.15, -0.1) is 0 Å². The number of nitrogens with zero attached hydrogens (tertiary/aromatic N) is 3. The molecule has 0 unspecified atom stereocenters. The van der Waals surface area contributed by atoms with E-state index in [0.717, 1.165) is 13.0 Å². The summed E-state index contributed by atoms with van der Waals surface area (Å²) in [7, 11) is 3.24. The molecule has 2 aliphatic rings. The molecule has 1 aromatic heterocycles. The van der Waals surface area contributed by atoms with Crippen LogP contribution in [0.5, 0.6) is 0 Å². The molecule has 0 spiro atoms. The van der Waals surface area contributed by atoms with Crippen LogP contribution in [0.15, 0.2) is 21.2 Å². The fraction of sp³-hybridized carbons (Fsp3) is 0.625. The van der Waals surface area contributed by atoms with E-state index in [4.69, 9.17) is 0 Å². The number of hydrogen-bond acceptors (Lipinski definition) is 4. The topological polar surface area (TPSA) is 59.3 Å². The number of nitrogens with one attached hydrogen (secondary N) is 1. The second kappa shape index (κ2) is 6.12. The summed E-state index contributed by atoms with van der Waals surface area (Å²) in [5.74, 6) is 0.668. The third-order valence-electron chi connectivity index (χ3n) is 4.74. The van der Waals surface area contributed by atoms with Crippen LogP contribution in [-0.2, 0) is 20.6 Å². The Morgan fingerprint density at radius 2 is 2.00 bits per heavy atom. The lowest BCUT2D eigenvalue weighted by atomic mass is 9.97. The number of hydrogen-bond donors (Lipinski definition) is 1. The van der Waals surface area contributed by atoms with Crippen LogP contribution in [-0.4, -0.2) is 27.2 Å². The van der Waals surface area contributed by atoms with Gasteiger partial charge in [-0.25, -0.2) is 4.79 Å². The summed E-state index contributed by atoms with van der Waals surface area (Å²) < 4.78 is 2.71. The molecule has 1 aliphatic heterocycles. The van der Waals surface area contributed by atoms with E-state index in [0.29, 0.717) is 24.6 Å². The minimum atomic E-state index is -0.280. The zero-order chi connectivity index (χ0) is 15.7. The molecule has 0 saturated heterocycles. The zero-order valence-corrected chi connectivity index (χ0v) is 13.4. The molecule has 0 bridgehead atoms. The monoisotopic (exact) mass is 304 g/mol. The van der Waals surface area contributed by atoms with E-state index in [9.17, 15) is 9.59 Å². The van der Waals surface area contributed by atoms with Crippen molar-refractivity contribution < 1.29 is 0 Å². The normalized spacial score (nSPS) is 18.5. The van der Waals surface area contributed by atoms with Gasteiger partial charge in [0.25, 0.3) is 5.56 Å². The summed E-state index contributed by atoms with van der Waals surface area (Å²) in [6, 6.07) is 0. The lowest BCUT2D eigenvalue weighted by Crippen LogP contribution is -2.46. The molecule has 1 aliphatic carbocycles. The highest BCUT2D eigenvalue weighted by atomic mass is 16.2. The number of aromatic nitrogens is 2. The Kier molecular flexibility index (Phi) is 4.20. The molecule has 1 aromatic rings. The van der Waals surface area contributed by atoms with Gasteiger partial charge in [0, 0.05) is 27.2 Å². The SMILES string of the molecule is Cn1c2c(c(=O)n(C)c1=O)CN(CCC1=CCCCC1)CN2. The van der Waals surface area contributed by atoms with Gasteiger partial charge in [0.05, 0.1) is 12.2 Å². The van der Waals surface area contributed by atoms with Gasteiger partial charge in [0.2, 0.25) is 0 Å². The van der Waals surface area contributed by atoms with Crippen molar-refractivity contribution in [3.8, 4) is 0 Å². The van der Waals surface area contributed by atoms with Crippen LogP contribution < -0.4 is 16.6 Å². The van der Waals surface area contributed by atoms with E-state index >= 15 is 0 Å². The van der Waals surface area contributed by atoms with Crippen molar-refractivity contribution in [1.82, 2.24) is 14.0 Å². The molecule has 0 fully saturated rings. The van der Waals surface area contributed by atoms with Crippen LogP contribution in [0.2, 0.25) is 0 Å². The van der Waals surface area contributed by atoms with E-state index in [1.54, 1.807) is 12.6 Å². The van der Waals surface area contributed by atoms with Crippen molar-refractivity contribution in [1.29, 1.82) is 0 Å². The maximum atomic E-state index is 12.3. The van der Waals surface area contributed by atoms with Crippen LogP contribution in [0.1, 0.15) is 37.7 Å². The molecular weight excluding hydrogens is 280 g/mol. The highest BCUT2D eigenvalue weighted by Crippen LogP contribution is 2.22. The van der Waals surface area contributed by atoms with Crippen LogP contribution in [0.3, 0.4) is 0 Å². The largest absolute Gasteiger partial charge is 0.358 e. The van der Waals surface area contributed by atoms with Gasteiger partial charge in [-0.1, -0.05) is 11.6 Å². The second-order valence-electron chi connectivity index (χ2n) is 6.28. The average molecular weight is 304 g/mol. The third kappa shape index (κ3) is 2.75. The maximum absolute atomic E-state index is 12.3. The van der Waals surface area contributed by atoms with Crippen molar-refractivity contribution in [3.63, 3.8) is 0 Å². The lowest BCUT2D eigenvalue weighted by Gasteiger charge is -2.31. The molecule has 1 N–H and O–H groups in total. The number of allylic oxidation sites excluding steroid dienone is 1. The molecule has 0 saturated carbocycles. The van der Waals surface area contributed by atoms with Crippen molar-refractivity contribution in [3.05, 3.63) is 38.1 Å². The van der Waals surface area contributed by atoms with Crippen molar-refractivity contribution in [2.45, 2.75) is 38.6 Å². The van der Waals surface area contributed by atoms with Crippen molar-refractivity contribution in [2.75, 3.05) is 18.5 Å². The number of anilines is 1. The zero-order valence-electron chi connectivity index (χ0n) is 13.4. The Bertz CT molecular complexity index is 714. The summed E-state index contributed by atoms with van der Waals surface area (Å²) in [6.45, 7) is 2.24. The van der Waals surface area contributed by atoms with Gasteiger partial charge in [0.15, 0.2) is 0 Å². The Hall–Kier alpha value is -1.82. The summed E-state index contributed by atoms with van der Waals surface area (Å²) in [5, 5.41) is 3.23. The Labute approximate surface area is 130 Å². The van der Waals surface area contributed by atoms with E-state index in [1.165, 1.54) is 41.9 Å². The molecule has 6 nitrogen and oxygen atoms in total. The fourth-order valence-corrected chi connectivity index (χ4v) is 3.34. The summed E-state index contributed by atoms with van der Waals surface area (Å²) in [5.41, 5.74) is 1.77. The number of rotatable bonds is 3. The molecule has 0 radical (unpaired) electrons. The van der Waals surface area contributed by atoms with Gasteiger partial charge in [0.1, 0.15) is 5.82 Å². The summed E-state index contributed by atoms with van der Waals surface area (Å²) >= 11 is 0. The quantitative estimate of drug-likeness (QED) is 0.851. The van der Waals surface area contributed by atoms with Gasteiger partial charge in [-0.3, -0.25) is 18.8 Å². The first kappa shape index (κ1) is 15.1. The predicted octanol–water partition coefficient (Wildman–Crippen LogP) is 1.16. The molecule has 2 heterocycles. The maximum Gasteiger partial charge on any atom is 0.332 e. The molecule has 3 rings (SSSR count). The standard InChI is InChI=1S/C16H24N4O2/c1-18-14-13(15(21)19(2)16(18)22)10-20(11-17-14)9-8-12-6-4-3-5-7-12/h6,17H,3-5,7-11H2,1-2H3. The van der Waals surface area contributed by atoms with Crippen LogP contribution in [0, 0.1) is 0 Å². The first-order valence-electron chi connectivity index (χ1n) is 8.01. The summed E-state index contributed by atoms with van der Waals surface area (Å²) in [6.07, 6.45) is 8.48. The first-order chi connectivity index (χ1) is 10.6.